The summed E-state index contributed by atoms with van der Waals surface area (Å²) in [6, 6.07) is 11.7. The average molecular weight is 440 g/mol. The third-order valence-electron chi connectivity index (χ3n) is 5.15. The molecule has 1 heterocycles. The zero-order chi connectivity index (χ0) is 22.7. The predicted molar refractivity (Wildman–Crippen MR) is 120 cm³/mol. The number of aromatic nitrogens is 2. The van der Waals surface area contributed by atoms with Gasteiger partial charge in [-0.3, -0.25) is 4.98 Å². The van der Waals surface area contributed by atoms with Crippen molar-refractivity contribution in [1.82, 2.24) is 15.3 Å². The van der Waals surface area contributed by atoms with E-state index in [0.29, 0.717) is 29.4 Å². The molecule has 1 saturated carbocycles. The van der Waals surface area contributed by atoms with E-state index in [0.717, 1.165) is 29.6 Å². The summed E-state index contributed by atoms with van der Waals surface area (Å²) in [6.07, 6.45) is 2.64. The van der Waals surface area contributed by atoms with Gasteiger partial charge < -0.3 is 15.0 Å². The minimum absolute atomic E-state index is 0.244. The van der Waals surface area contributed by atoms with Crippen molar-refractivity contribution in [3.63, 3.8) is 0 Å². The predicted octanol–water partition coefficient (Wildman–Crippen LogP) is 5.82. The van der Waals surface area contributed by atoms with Crippen LogP contribution in [0.25, 0.3) is 16.6 Å². The molecule has 0 radical (unpaired) electrons. The Morgan fingerprint density at radius 1 is 1.19 bits per heavy atom. The molecule has 4 rings (SSSR count). The van der Waals surface area contributed by atoms with Gasteiger partial charge in [0.15, 0.2) is 0 Å². The molecule has 8 heteroatoms. The highest BCUT2D eigenvalue weighted by Gasteiger charge is 2.31. The van der Waals surface area contributed by atoms with E-state index in [4.69, 9.17) is 4.98 Å². The second-order valence-corrected chi connectivity index (χ2v) is 7.62. The van der Waals surface area contributed by atoms with Gasteiger partial charge in [0, 0.05) is 42.8 Å². The third kappa shape index (κ3) is 5.19. The quantitative estimate of drug-likeness (QED) is 0.447. The average Bonchev–Trinajstić information content (AvgIpc) is 3.58. The molecule has 1 N–H and O–H groups in total. The van der Waals surface area contributed by atoms with Gasteiger partial charge in [0.1, 0.15) is 5.75 Å². The van der Waals surface area contributed by atoms with Crippen molar-refractivity contribution in [2.24, 2.45) is 5.92 Å². The zero-order valence-corrected chi connectivity index (χ0v) is 17.6. The molecule has 32 heavy (non-hydrogen) atoms. The Bertz CT molecular complexity index is 1160. The van der Waals surface area contributed by atoms with Crippen LogP contribution in [0.3, 0.4) is 0 Å². The molecule has 0 saturated heterocycles. The zero-order valence-electron chi connectivity index (χ0n) is 17.6. The lowest BCUT2D eigenvalue weighted by atomic mass is 10.1. The minimum Gasteiger partial charge on any atom is -0.406 e. The number of hydrogen-bond donors (Lipinski definition) is 1. The maximum Gasteiger partial charge on any atom is 0.573 e. The topological polar surface area (TPSA) is 50.3 Å². The second-order valence-electron chi connectivity index (χ2n) is 7.62. The number of anilines is 2. The summed E-state index contributed by atoms with van der Waals surface area (Å²) in [7, 11) is 1.79. The van der Waals surface area contributed by atoms with Crippen molar-refractivity contribution in [2.75, 3.05) is 18.5 Å². The summed E-state index contributed by atoms with van der Waals surface area (Å²) in [5, 5.41) is 2.97. The molecule has 1 fully saturated rings. The first-order valence-corrected chi connectivity index (χ1v) is 10.3. The monoisotopic (exact) mass is 440 g/mol. The minimum atomic E-state index is -4.74. The van der Waals surface area contributed by atoms with Gasteiger partial charge in [-0.05, 0) is 49.1 Å². The van der Waals surface area contributed by atoms with Crippen molar-refractivity contribution in [3.05, 3.63) is 73.2 Å². The van der Waals surface area contributed by atoms with Crippen LogP contribution >= 0.6 is 0 Å². The van der Waals surface area contributed by atoms with E-state index in [9.17, 15) is 13.2 Å². The maximum atomic E-state index is 12.7. The molecule has 0 spiro atoms. The maximum absolute atomic E-state index is 12.7. The summed E-state index contributed by atoms with van der Waals surface area (Å²) in [4.78, 5) is 11.2. The number of benzene rings is 2. The third-order valence-corrected chi connectivity index (χ3v) is 5.15. The molecular formula is C24H23F3N4O. The van der Waals surface area contributed by atoms with Crippen LogP contribution in [0.2, 0.25) is 0 Å². The fraction of sp³-hybridized carbons (Fsp3) is 0.250. The summed E-state index contributed by atoms with van der Waals surface area (Å²) in [6.45, 7) is 4.52. The highest BCUT2D eigenvalue weighted by atomic mass is 19.4. The standard InChI is InChI=1S/C24H23F3N4O/c1-3-17(13-28-2)23-14-29-21-10-9-19(12-22(21)30-23)31(15-16-7-8-16)18-5-4-6-20(11-18)32-24(25,26)27/h3-6,9-14,16,28H,1,7-8,15H2,2H3/b17-13+. The summed E-state index contributed by atoms with van der Waals surface area (Å²) in [5.74, 6) is 0.257. The van der Waals surface area contributed by atoms with Gasteiger partial charge >= 0.3 is 6.36 Å². The number of nitrogens with zero attached hydrogens (tertiary/aromatic N) is 3. The van der Waals surface area contributed by atoms with Crippen LogP contribution in [-0.2, 0) is 0 Å². The number of ether oxygens (including phenoxy) is 1. The van der Waals surface area contributed by atoms with Crippen LogP contribution in [-0.4, -0.2) is 29.9 Å². The van der Waals surface area contributed by atoms with Crippen LogP contribution in [0, 0.1) is 5.92 Å². The Labute approximate surface area is 184 Å². The van der Waals surface area contributed by atoms with Gasteiger partial charge in [-0.2, -0.15) is 0 Å². The Balaban J connectivity index is 1.73. The molecule has 5 nitrogen and oxygen atoms in total. The van der Waals surface area contributed by atoms with E-state index in [2.05, 4.69) is 21.6 Å². The van der Waals surface area contributed by atoms with Gasteiger partial charge in [-0.25, -0.2) is 4.98 Å². The van der Waals surface area contributed by atoms with Gasteiger partial charge in [-0.1, -0.05) is 18.7 Å². The number of hydrogen-bond acceptors (Lipinski definition) is 5. The molecular weight excluding hydrogens is 417 g/mol. The lowest BCUT2D eigenvalue weighted by Gasteiger charge is -2.26. The number of nitrogens with one attached hydrogen (secondary N) is 1. The van der Waals surface area contributed by atoms with Gasteiger partial charge in [-0.15, -0.1) is 13.2 Å². The number of allylic oxidation sites excluding steroid dienone is 2. The van der Waals surface area contributed by atoms with Crippen LogP contribution in [0.4, 0.5) is 24.5 Å². The Kier molecular flexibility index (Phi) is 6.03. The van der Waals surface area contributed by atoms with E-state index in [1.807, 2.05) is 23.1 Å². The highest BCUT2D eigenvalue weighted by Crippen LogP contribution is 2.37. The van der Waals surface area contributed by atoms with Crippen molar-refractivity contribution in [1.29, 1.82) is 0 Å². The SMILES string of the molecule is C=C/C(=C\NC)c1cnc2ccc(N(CC3CC3)c3cccc(OC(F)(F)F)c3)cc2n1. The molecule has 0 bridgehead atoms. The molecule has 1 aliphatic rings. The molecule has 3 aromatic rings. The molecule has 166 valence electrons. The van der Waals surface area contributed by atoms with Gasteiger partial charge in [0.25, 0.3) is 0 Å². The first-order chi connectivity index (χ1) is 15.4. The molecule has 1 aliphatic carbocycles. The fourth-order valence-electron chi connectivity index (χ4n) is 3.47. The van der Waals surface area contributed by atoms with E-state index in [1.165, 1.54) is 12.1 Å². The van der Waals surface area contributed by atoms with Crippen LogP contribution in [0.15, 0.2) is 67.5 Å². The molecule has 2 aromatic carbocycles. The fourth-order valence-corrected chi connectivity index (χ4v) is 3.47. The first-order valence-electron chi connectivity index (χ1n) is 10.3. The van der Waals surface area contributed by atoms with Crippen LogP contribution < -0.4 is 15.0 Å². The highest BCUT2D eigenvalue weighted by molar-refractivity contribution is 5.83. The molecule has 0 atom stereocenters. The Morgan fingerprint density at radius 2 is 1.97 bits per heavy atom. The van der Waals surface area contributed by atoms with Crippen LogP contribution in [0.5, 0.6) is 5.75 Å². The molecule has 0 unspecified atom stereocenters. The molecule has 1 aromatic heterocycles. The summed E-state index contributed by atoms with van der Waals surface area (Å²) < 4.78 is 42.3. The van der Waals surface area contributed by atoms with Gasteiger partial charge in [0.2, 0.25) is 0 Å². The number of alkyl halides is 3. The van der Waals surface area contributed by atoms with Crippen molar-refractivity contribution >= 4 is 28.0 Å². The first kappa shape index (κ1) is 21.7. The van der Waals surface area contributed by atoms with E-state index < -0.39 is 6.36 Å². The summed E-state index contributed by atoms with van der Waals surface area (Å²) >= 11 is 0. The number of rotatable bonds is 8. The Morgan fingerprint density at radius 3 is 2.66 bits per heavy atom. The number of fused-ring (bicyclic) bond motifs is 1. The van der Waals surface area contributed by atoms with Crippen molar-refractivity contribution in [2.45, 2.75) is 19.2 Å². The Hall–Kier alpha value is -3.55. The lowest BCUT2D eigenvalue weighted by molar-refractivity contribution is -0.274. The van der Waals surface area contributed by atoms with E-state index >= 15 is 0 Å². The van der Waals surface area contributed by atoms with Crippen molar-refractivity contribution in [3.8, 4) is 5.75 Å². The second kappa shape index (κ2) is 8.90. The number of halogens is 3. The molecule has 0 amide bonds. The lowest BCUT2D eigenvalue weighted by Crippen LogP contribution is -2.21. The smallest absolute Gasteiger partial charge is 0.406 e. The normalized spacial score (nSPS) is 14.3. The van der Waals surface area contributed by atoms with Gasteiger partial charge in [0.05, 0.1) is 22.9 Å². The van der Waals surface area contributed by atoms with Crippen LogP contribution in [0.1, 0.15) is 18.5 Å². The summed E-state index contributed by atoms with van der Waals surface area (Å²) in [5.41, 5.74) is 4.35. The largest absolute Gasteiger partial charge is 0.573 e. The van der Waals surface area contributed by atoms with E-state index in [-0.39, 0.29) is 5.75 Å². The molecule has 0 aliphatic heterocycles. The van der Waals surface area contributed by atoms with Crippen molar-refractivity contribution < 1.29 is 17.9 Å². The van der Waals surface area contributed by atoms with E-state index in [1.54, 1.807) is 37.7 Å².